The third kappa shape index (κ3) is 3.87. The molecule has 2 aromatic carbocycles. The number of hydrogen-bond donors (Lipinski definition) is 0. The fourth-order valence-corrected chi connectivity index (χ4v) is 2.82. The smallest absolute Gasteiger partial charge is 0.343 e. The Bertz CT molecular complexity index is 870. The molecule has 0 unspecified atom stereocenters. The summed E-state index contributed by atoms with van der Waals surface area (Å²) in [5.41, 5.74) is 0.647. The lowest BCUT2D eigenvalue weighted by Crippen LogP contribution is -2.22. The minimum Gasteiger partial charge on any atom is -0.423 e. The Labute approximate surface area is 140 Å². The Morgan fingerprint density at radius 2 is 1.58 bits per heavy atom. The van der Waals surface area contributed by atoms with Gasteiger partial charge in [0, 0.05) is 19.7 Å². The summed E-state index contributed by atoms with van der Waals surface area (Å²) in [5, 5.41) is 0. The van der Waals surface area contributed by atoms with E-state index in [1.54, 1.807) is 18.2 Å². The van der Waals surface area contributed by atoms with E-state index in [2.05, 4.69) is 0 Å². The number of sulfonamides is 1. The molecule has 0 aliphatic rings. The summed E-state index contributed by atoms with van der Waals surface area (Å²) in [4.78, 5) is 23.5. The van der Waals surface area contributed by atoms with Crippen LogP contribution in [0.3, 0.4) is 0 Å². The predicted molar refractivity (Wildman–Crippen MR) is 88.7 cm³/mol. The van der Waals surface area contributed by atoms with Gasteiger partial charge in [-0.25, -0.2) is 17.5 Å². The summed E-state index contributed by atoms with van der Waals surface area (Å²) < 4.78 is 30.3. The van der Waals surface area contributed by atoms with Crippen molar-refractivity contribution in [3.63, 3.8) is 0 Å². The van der Waals surface area contributed by atoms with Gasteiger partial charge in [0.05, 0.1) is 10.5 Å². The first-order chi connectivity index (χ1) is 11.2. The van der Waals surface area contributed by atoms with Crippen LogP contribution in [-0.2, 0) is 10.0 Å². The van der Waals surface area contributed by atoms with E-state index in [1.807, 2.05) is 0 Å². The lowest BCUT2D eigenvalue weighted by molar-refractivity contribution is 0.0733. The second-order valence-electron chi connectivity index (χ2n) is 5.29. The van der Waals surface area contributed by atoms with Crippen molar-refractivity contribution in [3.05, 3.63) is 59.7 Å². The molecule has 0 aromatic heterocycles. The van der Waals surface area contributed by atoms with E-state index in [0.29, 0.717) is 5.56 Å². The zero-order valence-corrected chi connectivity index (χ0v) is 14.3. The van der Waals surface area contributed by atoms with Crippen LogP contribution in [0.25, 0.3) is 0 Å². The molecule has 0 radical (unpaired) electrons. The van der Waals surface area contributed by atoms with E-state index >= 15 is 0 Å². The SMILES string of the molecule is CC(=O)c1cccc(OC(=O)c2ccc(S(=O)(=O)N(C)C)cc2)c1. The van der Waals surface area contributed by atoms with Gasteiger partial charge in [0.25, 0.3) is 0 Å². The van der Waals surface area contributed by atoms with Crippen LogP contribution < -0.4 is 4.74 Å². The molecule has 2 rings (SSSR count). The summed E-state index contributed by atoms with van der Waals surface area (Å²) in [7, 11) is -0.690. The number of Topliss-reactive ketones (excluding diaryl/α,β-unsaturated/α-hetero) is 1. The van der Waals surface area contributed by atoms with Gasteiger partial charge >= 0.3 is 5.97 Å². The topological polar surface area (TPSA) is 80.8 Å². The largest absolute Gasteiger partial charge is 0.423 e. The lowest BCUT2D eigenvalue weighted by Gasteiger charge is -2.11. The molecule has 24 heavy (non-hydrogen) atoms. The Balaban J connectivity index is 2.19. The highest BCUT2D eigenvalue weighted by Gasteiger charge is 2.18. The number of ether oxygens (including phenoxy) is 1. The van der Waals surface area contributed by atoms with Crippen molar-refractivity contribution < 1.29 is 22.7 Å². The molecule has 7 heteroatoms. The molecule has 0 bridgehead atoms. The van der Waals surface area contributed by atoms with E-state index < -0.39 is 16.0 Å². The molecule has 0 N–H and O–H groups in total. The number of ketones is 1. The molecule has 0 atom stereocenters. The van der Waals surface area contributed by atoms with Crippen LogP contribution in [0.15, 0.2) is 53.4 Å². The van der Waals surface area contributed by atoms with E-state index in [0.717, 1.165) is 4.31 Å². The third-order valence-corrected chi connectivity index (χ3v) is 5.15. The molecule has 0 heterocycles. The van der Waals surface area contributed by atoms with Gasteiger partial charge in [-0.2, -0.15) is 0 Å². The Morgan fingerprint density at radius 3 is 2.12 bits per heavy atom. The fraction of sp³-hybridized carbons (Fsp3) is 0.176. The van der Waals surface area contributed by atoms with E-state index in [-0.39, 0.29) is 22.0 Å². The van der Waals surface area contributed by atoms with E-state index in [4.69, 9.17) is 4.74 Å². The molecule has 126 valence electrons. The maximum absolute atomic E-state index is 12.1. The number of rotatable bonds is 5. The van der Waals surface area contributed by atoms with E-state index in [9.17, 15) is 18.0 Å². The molecular weight excluding hydrogens is 330 g/mol. The molecule has 0 saturated heterocycles. The second kappa shape index (κ2) is 6.94. The first-order valence-corrected chi connectivity index (χ1v) is 8.51. The number of hydrogen-bond acceptors (Lipinski definition) is 5. The van der Waals surface area contributed by atoms with Crippen molar-refractivity contribution >= 4 is 21.8 Å². The van der Waals surface area contributed by atoms with Crippen molar-refractivity contribution in [2.75, 3.05) is 14.1 Å². The van der Waals surface area contributed by atoms with Crippen LogP contribution in [0.2, 0.25) is 0 Å². The summed E-state index contributed by atoms with van der Waals surface area (Å²) in [5.74, 6) is -0.520. The van der Waals surface area contributed by atoms with Gasteiger partial charge in [-0.3, -0.25) is 4.79 Å². The Hall–Kier alpha value is -2.51. The molecular formula is C17H17NO5S. The maximum Gasteiger partial charge on any atom is 0.343 e. The summed E-state index contributed by atoms with van der Waals surface area (Å²) in [6, 6.07) is 11.7. The number of nitrogens with zero attached hydrogens (tertiary/aromatic N) is 1. The van der Waals surface area contributed by atoms with Crippen molar-refractivity contribution in [3.8, 4) is 5.75 Å². The normalized spacial score (nSPS) is 11.3. The minimum atomic E-state index is -3.55. The van der Waals surface area contributed by atoms with E-state index in [1.165, 1.54) is 51.4 Å². The highest BCUT2D eigenvalue weighted by atomic mass is 32.2. The quantitative estimate of drug-likeness (QED) is 0.471. The summed E-state index contributed by atoms with van der Waals surface area (Å²) in [6.07, 6.45) is 0. The summed E-state index contributed by atoms with van der Waals surface area (Å²) >= 11 is 0. The second-order valence-corrected chi connectivity index (χ2v) is 7.44. The van der Waals surface area contributed by atoms with Crippen molar-refractivity contribution in [2.24, 2.45) is 0 Å². The number of esters is 1. The highest BCUT2D eigenvalue weighted by Crippen LogP contribution is 2.18. The molecule has 2 aromatic rings. The molecule has 0 fully saturated rings. The van der Waals surface area contributed by atoms with Gasteiger partial charge in [0.1, 0.15) is 5.75 Å². The van der Waals surface area contributed by atoms with Crippen molar-refractivity contribution in [1.82, 2.24) is 4.31 Å². The van der Waals surface area contributed by atoms with Gasteiger partial charge in [-0.15, -0.1) is 0 Å². The van der Waals surface area contributed by atoms with Gasteiger partial charge in [0.2, 0.25) is 10.0 Å². The minimum absolute atomic E-state index is 0.0858. The van der Waals surface area contributed by atoms with Crippen LogP contribution in [0.4, 0.5) is 0 Å². The maximum atomic E-state index is 12.1. The summed E-state index contributed by atoms with van der Waals surface area (Å²) in [6.45, 7) is 1.42. The fourth-order valence-electron chi connectivity index (χ4n) is 1.92. The zero-order valence-electron chi connectivity index (χ0n) is 13.5. The molecule has 0 saturated carbocycles. The molecule has 0 aliphatic carbocycles. The highest BCUT2D eigenvalue weighted by molar-refractivity contribution is 7.89. The molecule has 6 nitrogen and oxygen atoms in total. The van der Waals surface area contributed by atoms with Crippen molar-refractivity contribution in [1.29, 1.82) is 0 Å². The lowest BCUT2D eigenvalue weighted by atomic mass is 10.1. The van der Waals surface area contributed by atoms with Crippen LogP contribution in [0, 0.1) is 0 Å². The standard InChI is InChI=1S/C17H17NO5S/c1-12(19)14-5-4-6-15(11-14)23-17(20)13-7-9-16(10-8-13)24(21,22)18(2)3/h4-11H,1-3H3. The number of benzene rings is 2. The number of carbonyl (C=O) groups is 2. The average molecular weight is 347 g/mol. The molecule has 0 amide bonds. The third-order valence-electron chi connectivity index (χ3n) is 3.32. The average Bonchev–Trinajstić information content (AvgIpc) is 2.55. The van der Waals surface area contributed by atoms with Gasteiger partial charge in [-0.05, 0) is 43.3 Å². The first kappa shape index (κ1) is 17.8. The molecule has 0 aliphatic heterocycles. The van der Waals surface area contributed by atoms with Crippen LogP contribution in [-0.4, -0.2) is 38.6 Å². The Morgan fingerprint density at radius 1 is 0.958 bits per heavy atom. The van der Waals surface area contributed by atoms with Gasteiger partial charge < -0.3 is 4.74 Å². The van der Waals surface area contributed by atoms with Gasteiger partial charge in [0.15, 0.2) is 5.78 Å². The first-order valence-electron chi connectivity index (χ1n) is 7.07. The van der Waals surface area contributed by atoms with Crippen LogP contribution >= 0.6 is 0 Å². The van der Waals surface area contributed by atoms with Crippen LogP contribution in [0.1, 0.15) is 27.6 Å². The van der Waals surface area contributed by atoms with Crippen molar-refractivity contribution in [2.45, 2.75) is 11.8 Å². The Kier molecular flexibility index (Phi) is 5.16. The molecule has 0 spiro atoms. The zero-order chi connectivity index (χ0) is 17.9. The van der Waals surface area contributed by atoms with Crippen LogP contribution in [0.5, 0.6) is 5.75 Å². The monoisotopic (exact) mass is 347 g/mol. The number of carbonyl (C=O) groups excluding carboxylic acids is 2. The predicted octanol–water partition coefficient (Wildman–Crippen LogP) is 2.36. The van der Waals surface area contributed by atoms with Gasteiger partial charge in [-0.1, -0.05) is 12.1 Å².